The summed E-state index contributed by atoms with van der Waals surface area (Å²) >= 11 is 3.71. The molecule has 0 radical (unpaired) electrons. The van der Waals surface area contributed by atoms with Crippen LogP contribution in [0.15, 0.2) is 30.3 Å². The van der Waals surface area contributed by atoms with Crippen molar-refractivity contribution in [3.8, 4) is 0 Å². The molecule has 2 saturated heterocycles. The Labute approximate surface area is 330 Å². The lowest BCUT2D eigenvalue weighted by atomic mass is 9.80. The molecule has 2 aromatic carbocycles. The second-order valence-corrected chi connectivity index (χ2v) is 19.1. The van der Waals surface area contributed by atoms with Gasteiger partial charge >= 0.3 is 0 Å². The van der Waals surface area contributed by atoms with Crippen molar-refractivity contribution in [3.05, 3.63) is 69.5 Å². The number of alkyl halides is 1. The molecule has 1 aliphatic carbocycles. The van der Waals surface area contributed by atoms with Crippen molar-refractivity contribution >= 4 is 29.5 Å². The summed E-state index contributed by atoms with van der Waals surface area (Å²) in [5.41, 5.74) is 5.43. The maximum atomic E-state index is 15.6. The zero-order valence-corrected chi connectivity index (χ0v) is 36.8. The number of hydrogen-bond donors (Lipinski definition) is 0. The summed E-state index contributed by atoms with van der Waals surface area (Å²) in [7, 11) is 2.26. The fourth-order valence-electron chi connectivity index (χ4n) is 8.98. The number of thioether (sulfide) groups is 1. The van der Waals surface area contributed by atoms with E-state index in [1.165, 1.54) is 16.7 Å². The number of likely N-dealkylation sites (tertiary alicyclic amines) is 1. The van der Waals surface area contributed by atoms with Crippen molar-refractivity contribution < 1.29 is 17.5 Å². The minimum absolute atomic E-state index is 0.0693. The molecule has 5 nitrogen and oxygen atoms in total. The lowest BCUT2D eigenvalue weighted by molar-refractivity contribution is -0.798. The smallest absolute Gasteiger partial charge is 0.198 e. The van der Waals surface area contributed by atoms with Gasteiger partial charge in [-0.3, -0.25) is 18.5 Å². The highest BCUT2D eigenvalue weighted by Gasteiger charge is 2.50. The highest BCUT2D eigenvalue weighted by atomic mass is 32.2. The predicted molar refractivity (Wildman–Crippen MR) is 225 cm³/mol. The number of benzene rings is 2. The molecule has 3 aliphatic rings. The third-order valence-corrected chi connectivity index (χ3v) is 14.8. The first-order valence-corrected chi connectivity index (χ1v) is 22.7. The second kappa shape index (κ2) is 18.6. The van der Waals surface area contributed by atoms with Gasteiger partial charge in [-0.2, -0.15) is 0 Å². The lowest BCUT2D eigenvalue weighted by Crippen LogP contribution is -2.57. The first-order chi connectivity index (χ1) is 25.0. The molecule has 3 fully saturated rings. The van der Waals surface area contributed by atoms with Gasteiger partial charge in [0.1, 0.15) is 11.5 Å². The fourth-order valence-corrected chi connectivity index (χ4v) is 10.9. The Morgan fingerprint density at radius 3 is 2.09 bits per heavy atom. The Morgan fingerprint density at radius 1 is 0.943 bits per heavy atom. The summed E-state index contributed by atoms with van der Waals surface area (Å²) < 4.78 is 30.6. The molecule has 1 saturated carbocycles. The number of Topliss-reactive ketones (excluding diaryl/α,β-unsaturated/α-hetero) is 1. The first kappa shape index (κ1) is 44.2. The van der Waals surface area contributed by atoms with E-state index in [0.717, 1.165) is 89.0 Å². The zero-order valence-electron chi connectivity index (χ0n) is 35.2. The van der Waals surface area contributed by atoms with Gasteiger partial charge in [0, 0.05) is 62.9 Å². The largest absolute Gasteiger partial charge is 0.300 e. The van der Waals surface area contributed by atoms with E-state index in [1.54, 1.807) is 31.9 Å². The van der Waals surface area contributed by atoms with E-state index >= 15 is 4.39 Å². The van der Waals surface area contributed by atoms with Crippen molar-refractivity contribution in [2.75, 3.05) is 71.9 Å². The number of ketones is 1. The number of nitrogens with zero attached hydrogens (tertiary/aromatic N) is 4. The molecule has 53 heavy (non-hydrogen) atoms. The van der Waals surface area contributed by atoms with Gasteiger partial charge in [-0.1, -0.05) is 37.6 Å². The SMILES string of the molecule is CC.CSC(CC[N+](C)(SC)C(C(=O)C1CC1)c1ccc(F)c(C)c1C1CCN(CC(C)(C)F)CC1)(c1cc(C)ccc1C)N1CCN(C(C)C)CC1. The summed E-state index contributed by atoms with van der Waals surface area (Å²) in [5, 5.41) is 0. The highest BCUT2D eigenvalue weighted by Crippen LogP contribution is 2.50. The summed E-state index contributed by atoms with van der Waals surface area (Å²) in [6.07, 6.45) is 8.86. The van der Waals surface area contributed by atoms with E-state index in [9.17, 15) is 9.18 Å². The van der Waals surface area contributed by atoms with E-state index < -0.39 is 5.67 Å². The molecule has 0 bridgehead atoms. The summed E-state index contributed by atoms with van der Waals surface area (Å²) in [4.78, 5) is 22.0. The molecule has 9 heteroatoms. The number of likely N-dealkylation sites (N-methyl/N-ethyl adjacent to an activating group) is 1. The van der Waals surface area contributed by atoms with Crippen LogP contribution in [0.5, 0.6) is 0 Å². The molecule has 5 rings (SSSR count). The number of aryl methyl sites for hydroxylation is 2. The van der Waals surface area contributed by atoms with Crippen molar-refractivity contribution in [3.63, 3.8) is 0 Å². The molecule has 2 aromatic rings. The monoisotopic (exact) mass is 774 g/mol. The maximum absolute atomic E-state index is 15.6. The van der Waals surface area contributed by atoms with Crippen LogP contribution in [-0.4, -0.2) is 108 Å². The number of halogens is 2. The molecule has 0 aromatic heterocycles. The van der Waals surface area contributed by atoms with Crippen LogP contribution in [0, 0.1) is 32.5 Å². The standard InChI is InChI=1S/C42H65F2N4OS2.C2H6/c1-29(2)46-22-24-47(25-23-46)42(50-9,36-27-30(3)11-12-31(36)4)19-26-48(8,51-10)39(40(49)34-13-14-34)35-15-16-37(43)32(5)38(35)33-17-20-45(21-18-33)28-41(6,7)44;1-2/h11-12,15-16,27,29,33-34,39H,13-14,17-26,28H2,1-10H3;1-2H3/q+1;. The minimum Gasteiger partial charge on any atom is -0.300 e. The molecule has 0 amide bonds. The van der Waals surface area contributed by atoms with Gasteiger partial charge in [-0.05, 0) is 134 Å². The van der Waals surface area contributed by atoms with Gasteiger partial charge in [0.15, 0.2) is 11.8 Å². The lowest BCUT2D eigenvalue weighted by Gasteiger charge is -2.50. The number of piperidine rings is 1. The number of quaternary nitrogens is 1. The summed E-state index contributed by atoms with van der Waals surface area (Å²) in [6, 6.07) is 10.6. The average Bonchev–Trinajstić information content (AvgIpc) is 3.99. The van der Waals surface area contributed by atoms with Gasteiger partial charge in [-0.15, -0.1) is 11.8 Å². The summed E-state index contributed by atoms with van der Waals surface area (Å²) in [5.74, 6) is 0.313. The Kier molecular flexibility index (Phi) is 15.6. The van der Waals surface area contributed by atoms with Crippen LogP contribution < -0.4 is 0 Å². The predicted octanol–water partition coefficient (Wildman–Crippen LogP) is 10.1. The zero-order chi connectivity index (χ0) is 39.3. The minimum atomic E-state index is -1.25. The van der Waals surface area contributed by atoms with Gasteiger partial charge in [0.25, 0.3) is 0 Å². The molecule has 0 spiro atoms. The second-order valence-electron chi connectivity index (χ2n) is 16.8. The van der Waals surface area contributed by atoms with Crippen LogP contribution in [0.4, 0.5) is 8.78 Å². The fraction of sp³-hybridized carbons (Fsp3) is 0.705. The number of carbonyl (C=O) groups excluding carboxylic acids is 1. The normalized spacial score (nSPS) is 21.1. The molecule has 298 valence electrons. The van der Waals surface area contributed by atoms with Crippen LogP contribution in [0.1, 0.15) is 119 Å². The molecular formula is C44H71F2N4OS2+. The Balaban J connectivity index is 0.00000308. The Hall–Kier alpha value is -1.49. The van der Waals surface area contributed by atoms with Crippen LogP contribution in [0.3, 0.4) is 0 Å². The Morgan fingerprint density at radius 2 is 1.57 bits per heavy atom. The number of piperazine rings is 1. The number of hydrogen-bond acceptors (Lipinski definition) is 6. The van der Waals surface area contributed by atoms with Gasteiger partial charge in [0.05, 0.1) is 30.4 Å². The quantitative estimate of drug-likeness (QED) is 0.132. The van der Waals surface area contributed by atoms with E-state index in [4.69, 9.17) is 0 Å². The van der Waals surface area contributed by atoms with Gasteiger partial charge < -0.3 is 4.90 Å². The van der Waals surface area contributed by atoms with Crippen molar-refractivity contribution in [2.45, 2.75) is 123 Å². The number of rotatable bonds is 15. The van der Waals surface area contributed by atoms with E-state index in [2.05, 4.69) is 80.2 Å². The van der Waals surface area contributed by atoms with Gasteiger partial charge in [-0.25, -0.2) is 8.78 Å². The highest BCUT2D eigenvalue weighted by molar-refractivity contribution is 7.99. The third kappa shape index (κ3) is 10.3. The third-order valence-electron chi connectivity index (χ3n) is 12.2. The average molecular weight is 774 g/mol. The molecule has 0 N–H and O–H groups in total. The van der Waals surface area contributed by atoms with Gasteiger partial charge in [0.2, 0.25) is 0 Å². The molecule has 2 heterocycles. The Bertz CT molecular complexity index is 1510. The van der Waals surface area contributed by atoms with Crippen LogP contribution in [0.2, 0.25) is 0 Å². The summed E-state index contributed by atoms with van der Waals surface area (Å²) in [6.45, 7) is 25.1. The van der Waals surface area contributed by atoms with E-state index in [1.807, 2.05) is 38.6 Å². The topological polar surface area (TPSA) is 26.8 Å². The molecular weight excluding hydrogens is 703 g/mol. The van der Waals surface area contributed by atoms with Crippen molar-refractivity contribution in [1.29, 1.82) is 0 Å². The van der Waals surface area contributed by atoms with Crippen LogP contribution in [0.25, 0.3) is 0 Å². The molecule has 3 atom stereocenters. The van der Waals surface area contributed by atoms with Crippen LogP contribution >= 0.6 is 23.7 Å². The molecule has 3 unspecified atom stereocenters. The first-order valence-electron chi connectivity index (χ1n) is 20.3. The van der Waals surface area contributed by atoms with Crippen molar-refractivity contribution in [1.82, 2.24) is 14.7 Å². The van der Waals surface area contributed by atoms with E-state index in [0.29, 0.717) is 27.8 Å². The van der Waals surface area contributed by atoms with Crippen LogP contribution in [-0.2, 0) is 9.67 Å². The van der Waals surface area contributed by atoms with Crippen molar-refractivity contribution in [2.24, 2.45) is 5.92 Å². The maximum Gasteiger partial charge on any atom is 0.198 e. The van der Waals surface area contributed by atoms with E-state index in [-0.39, 0.29) is 28.6 Å². The molecule has 2 aliphatic heterocycles. The number of carbonyl (C=O) groups is 1.